The van der Waals surface area contributed by atoms with Crippen LogP contribution in [0.4, 0.5) is 11.4 Å². The third-order valence-electron chi connectivity index (χ3n) is 6.33. The predicted octanol–water partition coefficient (Wildman–Crippen LogP) is 7.69. The van der Waals surface area contributed by atoms with Gasteiger partial charge in [-0.15, -0.1) is 0 Å². The number of sulfonamides is 1. The van der Waals surface area contributed by atoms with Gasteiger partial charge in [0, 0.05) is 11.8 Å². The molecular weight excluding hydrogens is 540 g/mol. The molecule has 4 aromatic carbocycles. The molecule has 0 aromatic heterocycles. The summed E-state index contributed by atoms with van der Waals surface area (Å²) < 4.78 is 38.3. The van der Waals surface area contributed by atoms with Gasteiger partial charge in [0.15, 0.2) is 0 Å². The van der Waals surface area contributed by atoms with Gasteiger partial charge in [-0.05, 0) is 84.9 Å². The van der Waals surface area contributed by atoms with Gasteiger partial charge in [-0.2, -0.15) is 11.8 Å². The highest BCUT2D eigenvalue weighted by Gasteiger charge is 2.16. The maximum Gasteiger partial charge on any atom is 0.229 e. The van der Waals surface area contributed by atoms with Crippen molar-refractivity contribution in [1.82, 2.24) is 0 Å². The molecule has 4 aromatic rings. The van der Waals surface area contributed by atoms with Crippen LogP contribution in [0, 0.1) is 6.92 Å². The molecule has 40 heavy (non-hydrogen) atoms. The minimum absolute atomic E-state index is 0.0540. The highest BCUT2D eigenvalue weighted by atomic mass is 32.2. The first-order valence-electron chi connectivity index (χ1n) is 13.2. The molecule has 210 valence electrons. The number of anilines is 2. The summed E-state index contributed by atoms with van der Waals surface area (Å²) in [6, 6.07) is 31.6. The molecule has 0 spiro atoms. The van der Waals surface area contributed by atoms with Gasteiger partial charge in [-0.25, -0.2) is 8.42 Å². The van der Waals surface area contributed by atoms with Crippen LogP contribution in [-0.4, -0.2) is 33.3 Å². The minimum Gasteiger partial charge on any atom is -0.493 e. The third-order valence-corrected chi connectivity index (χ3v) is 7.61. The normalized spacial score (nSPS) is 12.0. The molecule has 0 heterocycles. The van der Waals surface area contributed by atoms with E-state index in [1.165, 1.54) is 5.56 Å². The lowest BCUT2D eigenvalue weighted by molar-refractivity contribution is 0.317. The molecular formula is C32H36N2O4S2. The van der Waals surface area contributed by atoms with Crippen molar-refractivity contribution < 1.29 is 17.9 Å². The van der Waals surface area contributed by atoms with Crippen molar-refractivity contribution in [2.75, 3.05) is 34.9 Å². The van der Waals surface area contributed by atoms with Gasteiger partial charge in [0.25, 0.3) is 0 Å². The summed E-state index contributed by atoms with van der Waals surface area (Å²) in [7, 11) is -3.39. The molecule has 0 aliphatic heterocycles. The Hall–Kier alpha value is -3.62. The standard InChI is InChI=1S/C32H36N2O4S2/c1-24-30(14-8-15-31(24)34-40(3,35)36)33-32(22-25-10-5-4-6-11-25)26-16-18-27(19-17-26)38-29-13-7-12-28(23-29)37-20-9-21-39-2/h4-8,10-19,23,32-34H,9,20-22H2,1-3H3. The highest BCUT2D eigenvalue weighted by molar-refractivity contribution is 7.98. The summed E-state index contributed by atoms with van der Waals surface area (Å²) in [5.41, 5.74) is 4.54. The molecule has 0 fully saturated rings. The molecule has 0 bridgehead atoms. The van der Waals surface area contributed by atoms with Crippen LogP contribution >= 0.6 is 11.8 Å². The molecule has 0 aliphatic rings. The van der Waals surface area contributed by atoms with Gasteiger partial charge >= 0.3 is 0 Å². The van der Waals surface area contributed by atoms with E-state index in [2.05, 4.69) is 40.6 Å². The van der Waals surface area contributed by atoms with Crippen molar-refractivity contribution in [3.63, 3.8) is 0 Å². The molecule has 8 heteroatoms. The van der Waals surface area contributed by atoms with Gasteiger partial charge < -0.3 is 14.8 Å². The number of benzene rings is 4. The zero-order valence-electron chi connectivity index (χ0n) is 23.1. The third kappa shape index (κ3) is 8.96. The fourth-order valence-electron chi connectivity index (χ4n) is 4.32. The SMILES string of the molecule is CSCCCOc1cccc(Oc2ccc(C(Cc3ccccc3)Nc3cccc(NS(C)(=O)=O)c3C)cc2)c1. The quantitative estimate of drug-likeness (QED) is 0.150. The fourth-order valence-corrected chi connectivity index (χ4v) is 5.34. The van der Waals surface area contributed by atoms with Crippen LogP contribution in [0.15, 0.2) is 97.1 Å². The van der Waals surface area contributed by atoms with E-state index in [1.807, 2.05) is 85.4 Å². The number of thioether (sulfide) groups is 1. The van der Waals surface area contributed by atoms with Crippen LogP contribution in [0.1, 0.15) is 29.2 Å². The molecule has 2 N–H and O–H groups in total. The van der Waals surface area contributed by atoms with Crippen molar-refractivity contribution in [3.05, 3.63) is 114 Å². The lowest BCUT2D eigenvalue weighted by Crippen LogP contribution is -2.16. The Bertz CT molecular complexity index is 1480. The van der Waals surface area contributed by atoms with E-state index in [0.717, 1.165) is 58.9 Å². The first kappa shape index (κ1) is 29.4. The molecule has 6 nitrogen and oxygen atoms in total. The van der Waals surface area contributed by atoms with E-state index < -0.39 is 10.0 Å². The monoisotopic (exact) mass is 576 g/mol. The van der Waals surface area contributed by atoms with Gasteiger partial charge in [0.1, 0.15) is 17.2 Å². The van der Waals surface area contributed by atoms with Crippen molar-refractivity contribution in [3.8, 4) is 17.2 Å². The second-order valence-electron chi connectivity index (χ2n) is 9.58. The van der Waals surface area contributed by atoms with E-state index in [4.69, 9.17) is 9.47 Å². The van der Waals surface area contributed by atoms with Gasteiger partial charge in [0.05, 0.1) is 24.6 Å². The second kappa shape index (κ2) is 14.1. The predicted molar refractivity (Wildman–Crippen MR) is 168 cm³/mol. The lowest BCUT2D eigenvalue weighted by Gasteiger charge is -2.23. The van der Waals surface area contributed by atoms with E-state index in [0.29, 0.717) is 12.3 Å². The average molecular weight is 577 g/mol. The van der Waals surface area contributed by atoms with E-state index in [9.17, 15) is 8.42 Å². The van der Waals surface area contributed by atoms with Crippen LogP contribution in [0.2, 0.25) is 0 Å². The largest absolute Gasteiger partial charge is 0.493 e. The van der Waals surface area contributed by atoms with Crippen molar-refractivity contribution in [2.24, 2.45) is 0 Å². The van der Waals surface area contributed by atoms with Crippen LogP contribution in [-0.2, 0) is 16.4 Å². The molecule has 0 aliphatic carbocycles. The van der Waals surface area contributed by atoms with Crippen LogP contribution < -0.4 is 19.5 Å². The minimum atomic E-state index is -3.39. The van der Waals surface area contributed by atoms with Crippen molar-refractivity contribution >= 4 is 33.2 Å². The first-order valence-corrected chi connectivity index (χ1v) is 16.5. The number of rotatable bonds is 14. The molecule has 4 rings (SSSR count). The Kier molecular flexibility index (Phi) is 10.4. The zero-order valence-corrected chi connectivity index (χ0v) is 24.7. The smallest absolute Gasteiger partial charge is 0.229 e. The van der Waals surface area contributed by atoms with Gasteiger partial charge in [-0.1, -0.05) is 54.6 Å². The topological polar surface area (TPSA) is 76.7 Å². The Labute approximate surface area is 242 Å². The van der Waals surface area contributed by atoms with Crippen LogP contribution in [0.3, 0.4) is 0 Å². The first-order chi connectivity index (χ1) is 19.3. The van der Waals surface area contributed by atoms with Crippen LogP contribution in [0.25, 0.3) is 0 Å². The number of hydrogen-bond acceptors (Lipinski definition) is 6. The highest BCUT2D eigenvalue weighted by Crippen LogP contribution is 2.31. The van der Waals surface area contributed by atoms with E-state index >= 15 is 0 Å². The van der Waals surface area contributed by atoms with E-state index in [-0.39, 0.29) is 6.04 Å². The molecule has 0 radical (unpaired) electrons. The van der Waals surface area contributed by atoms with Gasteiger partial charge in [0.2, 0.25) is 10.0 Å². The molecule has 1 atom stereocenters. The fraction of sp³-hybridized carbons (Fsp3) is 0.250. The maximum atomic E-state index is 11.8. The Morgan fingerprint density at radius 1 is 0.825 bits per heavy atom. The summed E-state index contributed by atoms with van der Waals surface area (Å²) in [6.45, 7) is 2.59. The maximum absolute atomic E-state index is 11.8. The zero-order chi connectivity index (χ0) is 28.4. The summed E-state index contributed by atoms with van der Waals surface area (Å²) in [5.74, 6) is 3.33. The summed E-state index contributed by atoms with van der Waals surface area (Å²) >= 11 is 1.81. The summed E-state index contributed by atoms with van der Waals surface area (Å²) in [5, 5.41) is 3.65. The summed E-state index contributed by atoms with van der Waals surface area (Å²) in [4.78, 5) is 0. The average Bonchev–Trinajstić information content (AvgIpc) is 2.93. The Morgan fingerprint density at radius 2 is 1.52 bits per heavy atom. The Morgan fingerprint density at radius 3 is 2.25 bits per heavy atom. The van der Waals surface area contributed by atoms with Crippen LogP contribution in [0.5, 0.6) is 17.2 Å². The number of ether oxygens (including phenoxy) is 2. The van der Waals surface area contributed by atoms with E-state index in [1.54, 1.807) is 6.07 Å². The molecule has 0 saturated carbocycles. The second-order valence-corrected chi connectivity index (χ2v) is 12.3. The number of nitrogens with one attached hydrogen (secondary N) is 2. The summed E-state index contributed by atoms with van der Waals surface area (Å²) in [6.07, 6.45) is 5.01. The van der Waals surface area contributed by atoms with Crippen molar-refractivity contribution in [1.29, 1.82) is 0 Å². The molecule has 0 amide bonds. The lowest BCUT2D eigenvalue weighted by atomic mass is 9.98. The van der Waals surface area contributed by atoms with Crippen molar-refractivity contribution in [2.45, 2.75) is 25.8 Å². The molecule has 1 unspecified atom stereocenters. The Balaban J connectivity index is 1.52. The van der Waals surface area contributed by atoms with Gasteiger partial charge in [-0.3, -0.25) is 4.72 Å². The molecule has 0 saturated heterocycles. The number of hydrogen-bond donors (Lipinski definition) is 2.